The van der Waals surface area contributed by atoms with Gasteiger partial charge in [0.1, 0.15) is 16.8 Å². The molecule has 86 valence electrons. The average molecular weight is 250 g/mol. The molecular formula is C12H9ClFN3. The summed E-state index contributed by atoms with van der Waals surface area (Å²) in [6.07, 6.45) is 4.67. The highest BCUT2D eigenvalue weighted by molar-refractivity contribution is 6.67. The van der Waals surface area contributed by atoms with E-state index in [-0.39, 0.29) is 11.0 Å². The van der Waals surface area contributed by atoms with E-state index < -0.39 is 0 Å². The van der Waals surface area contributed by atoms with Gasteiger partial charge in [0.25, 0.3) is 0 Å². The molecule has 0 spiro atoms. The molecule has 5 heteroatoms. The van der Waals surface area contributed by atoms with Crippen LogP contribution in [0.2, 0.25) is 0 Å². The fourth-order valence-corrected chi connectivity index (χ4v) is 1.41. The summed E-state index contributed by atoms with van der Waals surface area (Å²) in [6, 6.07) is 6.11. The van der Waals surface area contributed by atoms with Crippen LogP contribution in [0.4, 0.5) is 4.39 Å². The molecule has 0 atom stereocenters. The van der Waals surface area contributed by atoms with Crippen LogP contribution < -0.4 is 0 Å². The van der Waals surface area contributed by atoms with E-state index >= 15 is 0 Å². The molecule has 0 aliphatic carbocycles. The Kier molecular flexibility index (Phi) is 3.35. The van der Waals surface area contributed by atoms with E-state index in [0.29, 0.717) is 5.82 Å². The third-order valence-corrected chi connectivity index (χ3v) is 2.26. The van der Waals surface area contributed by atoms with Crippen LogP contribution in [0.5, 0.6) is 0 Å². The maximum absolute atomic E-state index is 12.7. The van der Waals surface area contributed by atoms with E-state index in [1.165, 1.54) is 18.2 Å². The number of benzene rings is 1. The largest absolute Gasteiger partial charge is 0.338 e. The van der Waals surface area contributed by atoms with Gasteiger partial charge in [-0.05, 0) is 42.0 Å². The highest BCUT2D eigenvalue weighted by atomic mass is 35.5. The smallest absolute Gasteiger partial charge is 0.130 e. The molecule has 17 heavy (non-hydrogen) atoms. The molecule has 0 aliphatic rings. The predicted molar refractivity (Wildman–Crippen MR) is 66.6 cm³/mol. The summed E-state index contributed by atoms with van der Waals surface area (Å²) in [4.78, 5) is 7.12. The maximum Gasteiger partial charge on any atom is 0.130 e. The van der Waals surface area contributed by atoms with Gasteiger partial charge < -0.3 is 4.98 Å². The molecule has 2 rings (SSSR count). The molecule has 0 unspecified atom stereocenters. The highest BCUT2D eigenvalue weighted by Crippen LogP contribution is 2.17. The van der Waals surface area contributed by atoms with Crippen molar-refractivity contribution >= 4 is 22.8 Å². The van der Waals surface area contributed by atoms with Gasteiger partial charge in [0.15, 0.2) is 0 Å². The lowest BCUT2D eigenvalue weighted by atomic mass is 10.2. The maximum atomic E-state index is 12.7. The summed E-state index contributed by atoms with van der Waals surface area (Å²) in [5.74, 6) is 0.318. The second-order valence-electron chi connectivity index (χ2n) is 3.37. The molecular weight excluding hydrogens is 241 g/mol. The molecule has 1 aromatic carbocycles. The zero-order chi connectivity index (χ0) is 12.3. The number of rotatable bonds is 3. The molecule has 0 saturated carbocycles. The number of aromatic nitrogens is 2. The molecule has 1 aromatic heterocycles. The fraction of sp³-hybridized carbons (Fsp3) is 0. The first-order valence-electron chi connectivity index (χ1n) is 4.88. The van der Waals surface area contributed by atoms with Gasteiger partial charge in [0.05, 0.1) is 11.9 Å². The van der Waals surface area contributed by atoms with Gasteiger partial charge >= 0.3 is 0 Å². The minimum atomic E-state index is -0.274. The van der Waals surface area contributed by atoms with Crippen molar-refractivity contribution in [1.29, 1.82) is 5.41 Å². The summed E-state index contributed by atoms with van der Waals surface area (Å²) in [6.45, 7) is 0. The van der Waals surface area contributed by atoms with Crippen LogP contribution in [-0.2, 0) is 0 Å². The zero-order valence-corrected chi connectivity index (χ0v) is 9.50. The lowest BCUT2D eigenvalue weighted by molar-refractivity contribution is 0.628. The third-order valence-electron chi connectivity index (χ3n) is 2.14. The average Bonchev–Trinajstić information content (AvgIpc) is 2.76. The first kappa shape index (κ1) is 11.5. The van der Waals surface area contributed by atoms with E-state index in [1.54, 1.807) is 24.4 Å². The Labute approximate surface area is 102 Å². The Hall–Kier alpha value is -1.94. The lowest BCUT2D eigenvalue weighted by Gasteiger charge is -1.95. The summed E-state index contributed by atoms with van der Waals surface area (Å²) in [7, 11) is 0. The lowest BCUT2D eigenvalue weighted by Crippen LogP contribution is -1.80. The normalized spacial score (nSPS) is 10.9. The number of aromatic amines is 1. The topological polar surface area (TPSA) is 52.5 Å². The van der Waals surface area contributed by atoms with E-state index in [2.05, 4.69) is 9.97 Å². The minimum Gasteiger partial charge on any atom is -0.338 e. The molecule has 0 fully saturated rings. The number of imidazole rings is 1. The first-order chi connectivity index (χ1) is 8.15. The van der Waals surface area contributed by atoms with Gasteiger partial charge in [-0.25, -0.2) is 9.37 Å². The quantitative estimate of drug-likeness (QED) is 0.805. The van der Waals surface area contributed by atoms with E-state index in [1.807, 2.05) is 0 Å². The van der Waals surface area contributed by atoms with E-state index in [4.69, 9.17) is 17.0 Å². The van der Waals surface area contributed by atoms with Gasteiger partial charge in [0.2, 0.25) is 0 Å². The van der Waals surface area contributed by atoms with Gasteiger partial charge in [-0.15, -0.1) is 0 Å². The highest BCUT2D eigenvalue weighted by Gasteiger charge is 2.01. The number of hydrogen-bond acceptors (Lipinski definition) is 2. The van der Waals surface area contributed by atoms with Crippen LogP contribution >= 0.6 is 11.6 Å². The third kappa shape index (κ3) is 3.01. The van der Waals surface area contributed by atoms with Crippen molar-refractivity contribution < 1.29 is 4.39 Å². The number of hydrogen-bond donors (Lipinski definition) is 2. The molecule has 2 N–H and O–H groups in total. The summed E-state index contributed by atoms with van der Waals surface area (Å²) in [5, 5.41) is 6.97. The summed E-state index contributed by atoms with van der Waals surface area (Å²) < 4.78 is 12.7. The van der Waals surface area contributed by atoms with Crippen molar-refractivity contribution in [2.75, 3.05) is 0 Å². The molecule has 0 saturated heterocycles. The summed E-state index contributed by atoms with van der Waals surface area (Å²) >= 11 is 5.38. The van der Waals surface area contributed by atoms with Crippen molar-refractivity contribution in [2.24, 2.45) is 0 Å². The van der Waals surface area contributed by atoms with Gasteiger partial charge in [0, 0.05) is 0 Å². The molecule has 0 aliphatic heterocycles. The molecule has 0 bridgehead atoms. The number of allylic oxidation sites excluding steroid dienone is 1. The van der Waals surface area contributed by atoms with Gasteiger partial charge in [-0.2, -0.15) is 0 Å². The van der Waals surface area contributed by atoms with Crippen LogP contribution in [0, 0.1) is 11.2 Å². The van der Waals surface area contributed by atoms with Crippen LogP contribution in [0.15, 0.2) is 36.5 Å². The molecule has 3 nitrogen and oxygen atoms in total. The fourth-order valence-electron chi connectivity index (χ4n) is 1.35. The molecule has 1 heterocycles. The van der Waals surface area contributed by atoms with Gasteiger partial charge in [-0.1, -0.05) is 11.6 Å². The Morgan fingerprint density at radius 2 is 2.06 bits per heavy atom. The standard InChI is InChI=1S/C12H9ClFN3/c13-11(15)5-6-12-16-7-10(17-12)8-1-3-9(14)4-2-8/h1-7,15H,(H,16,17)/b6-5-,15-11?. The van der Waals surface area contributed by atoms with Gasteiger partial charge in [-0.3, -0.25) is 5.41 Å². The Morgan fingerprint density at radius 3 is 2.71 bits per heavy atom. The molecule has 0 radical (unpaired) electrons. The number of nitrogens with one attached hydrogen (secondary N) is 2. The first-order valence-corrected chi connectivity index (χ1v) is 5.26. The molecule has 2 aromatic rings. The monoisotopic (exact) mass is 249 g/mol. The van der Waals surface area contributed by atoms with Crippen LogP contribution in [0.3, 0.4) is 0 Å². The number of halogens is 2. The minimum absolute atomic E-state index is 0.0651. The summed E-state index contributed by atoms with van der Waals surface area (Å²) in [5.41, 5.74) is 1.63. The number of nitrogens with zero attached hydrogens (tertiary/aromatic N) is 1. The zero-order valence-electron chi connectivity index (χ0n) is 8.74. The van der Waals surface area contributed by atoms with E-state index in [9.17, 15) is 4.39 Å². The van der Waals surface area contributed by atoms with Crippen molar-refractivity contribution in [3.63, 3.8) is 0 Å². The SMILES string of the molecule is N=C(Cl)/C=C\c1ncc(-c2ccc(F)cc2)[nH]1. The second-order valence-corrected chi connectivity index (χ2v) is 3.78. The van der Waals surface area contributed by atoms with Crippen molar-refractivity contribution in [2.45, 2.75) is 0 Å². The van der Waals surface area contributed by atoms with Crippen LogP contribution in [0.1, 0.15) is 5.82 Å². The van der Waals surface area contributed by atoms with Crippen molar-refractivity contribution in [1.82, 2.24) is 9.97 Å². The van der Waals surface area contributed by atoms with Crippen LogP contribution in [-0.4, -0.2) is 15.1 Å². The molecule has 0 amide bonds. The Balaban J connectivity index is 2.23. The number of H-pyrrole nitrogens is 1. The van der Waals surface area contributed by atoms with Crippen molar-refractivity contribution in [3.8, 4) is 11.3 Å². The van der Waals surface area contributed by atoms with Crippen molar-refractivity contribution in [3.05, 3.63) is 48.2 Å². The van der Waals surface area contributed by atoms with E-state index in [0.717, 1.165) is 11.3 Å². The Bertz CT molecular complexity index is 557. The van der Waals surface area contributed by atoms with Crippen LogP contribution in [0.25, 0.3) is 17.3 Å². The predicted octanol–water partition coefficient (Wildman–Crippen LogP) is 3.45. The Morgan fingerprint density at radius 1 is 1.35 bits per heavy atom. The second kappa shape index (κ2) is 4.93.